The van der Waals surface area contributed by atoms with Crippen molar-refractivity contribution >= 4 is 28.9 Å². The molecule has 1 unspecified atom stereocenters. The third-order valence-corrected chi connectivity index (χ3v) is 5.23. The third kappa shape index (κ3) is 5.65. The maximum Gasteiger partial charge on any atom is 0.416 e. The van der Waals surface area contributed by atoms with E-state index in [1.165, 1.54) is 6.07 Å². The number of rotatable bonds is 6. The van der Waals surface area contributed by atoms with Gasteiger partial charge in [-0.15, -0.1) is 0 Å². The molecule has 0 radical (unpaired) electrons. The van der Waals surface area contributed by atoms with E-state index in [2.05, 4.69) is 10.6 Å². The lowest BCUT2D eigenvalue weighted by Gasteiger charge is -2.31. The predicted octanol–water partition coefficient (Wildman–Crippen LogP) is 4.48. The third-order valence-electron chi connectivity index (χ3n) is 4.89. The zero-order chi connectivity index (χ0) is 21.7. The van der Waals surface area contributed by atoms with Crippen LogP contribution in [0.25, 0.3) is 0 Å². The summed E-state index contributed by atoms with van der Waals surface area (Å²) in [6.45, 7) is 3.81. The average molecular weight is 442 g/mol. The van der Waals surface area contributed by atoms with Crippen LogP contribution in [0.4, 0.5) is 24.5 Å². The molecule has 2 aromatic rings. The Kier molecular flexibility index (Phi) is 7.23. The van der Waals surface area contributed by atoms with Gasteiger partial charge in [-0.05, 0) is 36.8 Å². The molecule has 1 aliphatic rings. The number of nitrogens with zero attached hydrogens (tertiary/aromatic N) is 1. The zero-order valence-corrected chi connectivity index (χ0v) is 17.2. The van der Waals surface area contributed by atoms with Crippen LogP contribution in [0.2, 0.25) is 5.02 Å². The minimum atomic E-state index is -4.50. The fraction of sp³-hybridized carbons (Fsp3) is 0.381. The number of hydrogen-bond donors (Lipinski definition) is 2. The summed E-state index contributed by atoms with van der Waals surface area (Å²) in [5.41, 5.74) is 0.690. The Bertz CT molecular complexity index is 886. The van der Waals surface area contributed by atoms with Crippen molar-refractivity contribution in [3.63, 3.8) is 0 Å². The van der Waals surface area contributed by atoms with Gasteiger partial charge in [0.15, 0.2) is 0 Å². The van der Waals surface area contributed by atoms with Gasteiger partial charge in [-0.25, -0.2) is 0 Å². The van der Waals surface area contributed by atoms with Gasteiger partial charge in [-0.2, -0.15) is 13.2 Å². The number of benzene rings is 2. The van der Waals surface area contributed by atoms with Gasteiger partial charge in [0, 0.05) is 24.2 Å². The number of nitrogens with one attached hydrogen (secondary N) is 2. The number of carbonyl (C=O) groups excluding carboxylic acids is 1. The normalized spacial score (nSPS) is 15.7. The zero-order valence-electron chi connectivity index (χ0n) is 16.4. The lowest BCUT2D eigenvalue weighted by molar-refractivity contribution is -0.137. The maximum absolute atomic E-state index is 13.2. The highest BCUT2D eigenvalue weighted by molar-refractivity contribution is 6.31. The van der Waals surface area contributed by atoms with Gasteiger partial charge in [-0.1, -0.05) is 29.8 Å². The van der Waals surface area contributed by atoms with E-state index in [9.17, 15) is 18.0 Å². The van der Waals surface area contributed by atoms with E-state index < -0.39 is 17.6 Å². The van der Waals surface area contributed by atoms with Gasteiger partial charge in [0.1, 0.15) is 0 Å². The van der Waals surface area contributed by atoms with E-state index in [1.807, 2.05) is 30.0 Å². The first-order chi connectivity index (χ1) is 14.3. The van der Waals surface area contributed by atoms with E-state index in [-0.39, 0.29) is 18.3 Å². The molecule has 1 atom stereocenters. The first-order valence-electron chi connectivity index (χ1n) is 9.57. The Morgan fingerprint density at radius 2 is 1.90 bits per heavy atom. The van der Waals surface area contributed by atoms with Crippen molar-refractivity contribution in [2.75, 3.05) is 43.1 Å². The number of hydrogen-bond acceptors (Lipinski definition) is 4. The smallest absolute Gasteiger partial charge is 0.378 e. The van der Waals surface area contributed by atoms with Gasteiger partial charge in [0.25, 0.3) is 0 Å². The van der Waals surface area contributed by atoms with Crippen LogP contribution < -0.4 is 15.5 Å². The van der Waals surface area contributed by atoms with Crippen LogP contribution in [0.3, 0.4) is 0 Å². The molecule has 0 aliphatic carbocycles. The lowest BCUT2D eigenvalue weighted by atomic mass is 10.1. The number of anilines is 2. The topological polar surface area (TPSA) is 53.6 Å². The second-order valence-corrected chi connectivity index (χ2v) is 7.41. The summed E-state index contributed by atoms with van der Waals surface area (Å²) in [6.07, 6.45) is -4.50. The van der Waals surface area contributed by atoms with Gasteiger partial charge in [0.2, 0.25) is 5.91 Å². The largest absolute Gasteiger partial charge is 0.416 e. The van der Waals surface area contributed by atoms with Crippen LogP contribution in [-0.2, 0) is 15.7 Å². The Morgan fingerprint density at radius 1 is 1.20 bits per heavy atom. The van der Waals surface area contributed by atoms with Crippen molar-refractivity contribution in [2.45, 2.75) is 19.1 Å². The summed E-state index contributed by atoms with van der Waals surface area (Å²) in [6, 6.07) is 10.4. The molecule has 1 amide bonds. The Morgan fingerprint density at radius 3 is 2.57 bits per heavy atom. The van der Waals surface area contributed by atoms with Crippen molar-refractivity contribution in [2.24, 2.45) is 0 Å². The molecule has 5 nitrogen and oxygen atoms in total. The van der Waals surface area contributed by atoms with Crippen LogP contribution in [0.5, 0.6) is 0 Å². The maximum atomic E-state index is 13.2. The van der Waals surface area contributed by atoms with Crippen LogP contribution in [0.15, 0.2) is 42.5 Å². The number of morpholine rings is 1. The molecule has 1 heterocycles. The van der Waals surface area contributed by atoms with Crippen molar-refractivity contribution in [3.8, 4) is 0 Å². The highest BCUT2D eigenvalue weighted by Gasteiger charge is 2.32. The fourth-order valence-electron chi connectivity index (χ4n) is 3.27. The molecule has 2 aromatic carbocycles. The number of alkyl halides is 3. The first kappa shape index (κ1) is 22.4. The standard InChI is InChI=1S/C21H23ClF3N3O2/c1-14(16-4-2-3-5-17(16)22)26-13-20(29)27-18-12-15(21(23,24)25)6-7-19(18)28-8-10-30-11-9-28/h2-7,12,14,26H,8-11,13H2,1H3,(H,27,29). The van der Waals surface area contributed by atoms with Gasteiger partial charge >= 0.3 is 6.18 Å². The summed E-state index contributed by atoms with van der Waals surface area (Å²) in [7, 11) is 0. The van der Waals surface area contributed by atoms with Crippen LogP contribution in [-0.4, -0.2) is 38.8 Å². The molecule has 9 heteroatoms. The van der Waals surface area contributed by atoms with E-state index in [1.54, 1.807) is 6.07 Å². The molecule has 3 rings (SSSR count). The van der Waals surface area contributed by atoms with Crippen molar-refractivity contribution in [1.29, 1.82) is 0 Å². The number of carbonyl (C=O) groups is 1. The second kappa shape index (κ2) is 9.68. The highest BCUT2D eigenvalue weighted by atomic mass is 35.5. The van der Waals surface area contributed by atoms with Crippen molar-refractivity contribution in [1.82, 2.24) is 5.32 Å². The predicted molar refractivity (Wildman–Crippen MR) is 111 cm³/mol. The number of ether oxygens (including phenoxy) is 1. The quantitative estimate of drug-likeness (QED) is 0.693. The molecule has 0 spiro atoms. The van der Waals surface area contributed by atoms with E-state index in [0.717, 1.165) is 17.7 Å². The van der Waals surface area contributed by atoms with Crippen molar-refractivity contribution < 1.29 is 22.7 Å². The molecule has 1 fully saturated rings. The van der Waals surface area contributed by atoms with E-state index >= 15 is 0 Å². The number of amides is 1. The second-order valence-electron chi connectivity index (χ2n) is 7.00. The molecular formula is C21H23ClF3N3O2. The molecular weight excluding hydrogens is 419 g/mol. The fourth-order valence-corrected chi connectivity index (χ4v) is 3.57. The summed E-state index contributed by atoms with van der Waals surface area (Å²) in [5.74, 6) is -0.442. The van der Waals surface area contributed by atoms with Gasteiger partial charge in [-0.3, -0.25) is 4.79 Å². The Balaban J connectivity index is 1.73. The molecule has 0 saturated carbocycles. The lowest BCUT2D eigenvalue weighted by Crippen LogP contribution is -2.37. The van der Waals surface area contributed by atoms with Crippen LogP contribution in [0.1, 0.15) is 24.1 Å². The summed E-state index contributed by atoms with van der Waals surface area (Å²) < 4.78 is 44.9. The summed E-state index contributed by atoms with van der Waals surface area (Å²) in [4.78, 5) is 14.4. The van der Waals surface area contributed by atoms with E-state index in [0.29, 0.717) is 37.0 Å². The first-order valence-corrected chi connectivity index (χ1v) is 9.95. The molecule has 1 saturated heterocycles. The summed E-state index contributed by atoms with van der Waals surface area (Å²) >= 11 is 6.17. The molecule has 30 heavy (non-hydrogen) atoms. The van der Waals surface area contributed by atoms with Gasteiger partial charge < -0.3 is 20.3 Å². The minimum Gasteiger partial charge on any atom is -0.378 e. The van der Waals surface area contributed by atoms with Crippen molar-refractivity contribution in [3.05, 3.63) is 58.6 Å². The SMILES string of the molecule is CC(NCC(=O)Nc1cc(C(F)(F)F)ccc1N1CCOCC1)c1ccccc1Cl. The van der Waals surface area contributed by atoms with E-state index in [4.69, 9.17) is 16.3 Å². The molecule has 162 valence electrons. The number of halogens is 4. The molecule has 0 aromatic heterocycles. The van der Waals surface area contributed by atoms with Crippen LogP contribution in [0, 0.1) is 0 Å². The Hall–Kier alpha value is -2.29. The van der Waals surface area contributed by atoms with Crippen LogP contribution >= 0.6 is 11.6 Å². The molecule has 1 aliphatic heterocycles. The monoisotopic (exact) mass is 441 g/mol. The molecule has 0 bridgehead atoms. The van der Waals surface area contributed by atoms with Gasteiger partial charge in [0.05, 0.1) is 36.7 Å². The molecule has 2 N–H and O–H groups in total. The summed E-state index contributed by atoms with van der Waals surface area (Å²) in [5, 5.41) is 6.25. The minimum absolute atomic E-state index is 0.0782. The Labute approximate surface area is 178 Å². The highest BCUT2D eigenvalue weighted by Crippen LogP contribution is 2.35. The average Bonchev–Trinajstić information content (AvgIpc) is 2.72.